The normalized spacial score (nSPS) is 34.2. The summed E-state index contributed by atoms with van der Waals surface area (Å²) in [4.78, 5) is 12.1. The van der Waals surface area contributed by atoms with Gasteiger partial charge in [0.05, 0.1) is 0 Å². The zero-order valence-corrected chi connectivity index (χ0v) is 13.1. The topological polar surface area (TPSA) is 38.3 Å². The van der Waals surface area contributed by atoms with Crippen molar-refractivity contribution in [2.75, 3.05) is 6.54 Å². The highest BCUT2D eigenvalue weighted by Gasteiger charge is 2.55. The molecule has 1 aliphatic carbocycles. The van der Waals surface area contributed by atoms with E-state index in [1.165, 1.54) is 0 Å². The van der Waals surface area contributed by atoms with Gasteiger partial charge < -0.3 is 10.1 Å². The number of alkyl halides is 1. The number of hydrogen-bond donors (Lipinski definition) is 1. The first-order valence-corrected chi connectivity index (χ1v) is 8.02. The van der Waals surface area contributed by atoms with Crippen LogP contribution in [0.15, 0.2) is 30.3 Å². The molecule has 3 rings (SSSR count). The number of piperidine rings is 1. The summed E-state index contributed by atoms with van der Waals surface area (Å²) in [7, 11) is 0. The lowest BCUT2D eigenvalue weighted by Gasteiger charge is -2.38. The van der Waals surface area contributed by atoms with Crippen molar-refractivity contribution in [2.24, 2.45) is 5.92 Å². The minimum atomic E-state index is -0.409. The van der Waals surface area contributed by atoms with E-state index in [9.17, 15) is 4.79 Å². The fourth-order valence-corrected chi connectivity index (χ4v) is 3.51. The molecule has 0 amide bonds. The number of benzene rings is 1. The molecule has 2 fully saturated rings. The number of halogens is 1. The number of ether oxygens (including phenoxy) is 1. The van der Waals surface area contributed by atoms with Crippen molar-refractivity contribution in [1.82, 2.24) is 5.32 Å². The van der Waals surface area contributed by atoms with Gasteiger partial charge in [-0.05, 0) is 18.9 Å². The van der Waals surface area contributed by atoms with Crippen molar-refractivity contribution in [3.8, 4) is 0 Å². The Kier molecular flexibility index (Phi) is 3.55. The van der Waals surface area contributed by atoms with E-state index in [0.717, 1.165) is 24.9 Å². The molecule has 4 heteroatoms. The summed E-state index contributed by atoms with van der Waals surface area (Å²) in [6, 6.07) is 10.7. The van der Waals surface area contributed by atoms with Crippen LogP contribution in [0.2, 0.25) is 0 Å². The summed E-state index contributed by atoms with van der Waals surface area (Å²) in [6.45, 7) is 2.83. The standard InChI is InChI=1S/C15H18INO2/c1-10(16)14(18)19-15(11-5-3-2-4-6-11)8-13-7-12(15)9-17-13/h2-6,10,12-13,17H,7-9H2,1H3. The molecule has 1 aliphatic heterocycles. The first kappa shape index (κ1) is 13.4. The van der Waals surface area contributed by atoms with Gasteiger partial charge in [0.2, 0.25) is 0 Å². The number of fused-ring (bicyclic) bond motifs is 2. The first-order valence-electron chi connectivity index (χ1n) is 6.77. The van der Waals surface area contributed by atoms with Gasteiger partial charge in [0.25, 0.3) is 0 Å². The second-order valence-corrected chi connectivity index (χ2v) is 7.40. The van der Waals surface area contributed by atoms with Crippen molar-refractivity contribution in [3.05, 3.63) is 35.9 Å². The van der Waals surface area contributed by atoms with Gasteiger partial charge in [-0.1, -0.05) is 52.9 Å². The van der Waals surface area contributed by atoms with Crippen LogP contribution in [0.25, 0.3) is 0 Å². The fourth-order valence-electron chi connectivity index (χ4n) is 3.38. The molecule has 0 radical (unpaired) electrons. The highest BCUT2D eigenvalue weighted by atomic mass is 127. The van der Waals surface area contributed by atoms with Crippen molar-refractivity contribution in [2.45, 2.75) is 35.3 Å². The Hall–Kier alpha value is -0.620. The molecule has 1 saturated carbocycles. The molecular formula is C15H18INO2. The molecule has 1 heterocycles. The summed E-state index contributed by atoms with van der Waals surface area (Å²) in [6.07, 6.45) is 2.01. The number of hydrogen-bond acceptors (Lipinski definition) is 3. The van der Waals surface area contributed by atoms with Gasteiger partial charge in [-0.2, -0.15) is 0 Å². The molecule has 2 aliphatic rings. The van der Waals surface area contributed by atoms with Gasteiger partial charge in [0.15, 0.2) is 0 Å². The summed E-state index contributed by atoms with van der Waals surface area (Å²) < 4.78 is 5.89. The summed E-state index contributed by atoms with van der Waals surface area (Å²) in [5.74, 6) is 0.302. The molecule has 3 nitrogen and oxygen atoms in total. The molecular weight excluding hydrogens is 353 g/mol. The highest BCUT2D eigenvalue weighted by molar-refractivity contribution is 14.1. The molecule has 1 saturated heterocycles. The Bertz CT molecular complexity index is 476. The molecule has 0 aromatic heterocycles. The van der Waals surface area contributed by atoms with Crippen LogP contribution in [-0.2, 0) is 15.1 Å². The lowest BCUT2D eigenvalue weighted by atomic mass is 9.82. The van der Waals surface area contributed by atoms with E-state index in [2.05, 4.69) is 40.0 Å². The van der Waals surface area contributed by atoms with Crippen LogP contribution in [0.5, 0.6) is 0 Å². The number of esters is 1. The summed E-state index contributed by atoms with van der Waals surface area (Å²) in [5.41, 5.74) is 0.739. The smallest absolute Gasteiger partial charge is 0.319 e. The maximum absolute atomic E-state index is 12.1. The van der Waals surface area contributed by atoms with E-state index in [-0.39, 0.29) is 9.89 Å². The predicted molar refractivity (Wildman–Crippen MR) is 82.2 cm³/mol. The molecule has 4 unspecified atom stereocenters. The molecule has 4 atom stereocenters. The van der Waals surface area contributed by atoms with Crippen molar-refractivity contribution in [3.63, 3.8) is 0 Å². The van der Waals surface area contributed by atoms with Crippen molar-refractivity contribution >= 4 is 28.6 Å². The Morgan fingerprint density at radius 3 is 2.74 bits per heavy atom. The first-order chi connectivity index (χ1) is 9.12. The molecule has 102 valence electrons. The third-order valence-corrected chi connectivity index (χ3v) is 4.81. The van der Waals surface area contributed by atoms with Gasteiger partial charge in [-0.3, -0.25) is 4.79 Å². The van der Waals surface area contributed by atoms with E-state index >= 15 is 0 Å². The van der Waals surface area contributed by atoms with E-state index < -0.39 is 5.60 Å². The highest BCUT2D eigenvalue weighted by Crippen LogP contribution is 2.49. The quantitative estimate of drug-likeness (QED) is 0.505. The van der Waals surface area contributed by atoms with Crippen LogP contribution in [-0.4, -0.2) is 22.5 Å². The van der Waals surface area contributed by atoms with Crippen LogP contribution < -0.4 is 5.32 Å². The van der Waals surface area contributed by atoms with Gasteiger partial charge in [-0.15, -0.1) is 0 Å². The van der Waals surface area contributed by atoms with Crippen LogP contribution in [0.1, 0.15) is 25.3 Å². The minimum Gasteiger partial charge on any atom is -0.453 e. The third-order valence-electron chi connectivity index (χ3n) is 4.30. The molecule has 1 aromatic carbocycles. The molecule has 19 heavy (non-hydrogen) atoms. The van der Waals surface area contributed by atoms with Gasteiger partial charge >= 0.3 is 5.97 Å². The average molecular weight is 371 g/mol. The monoisotopic (exact) mass is 371 g/mol. The Balaban J connectivity index is 1.95. The lowest BCUT2D eigenvalue weighted by Crippen LogP contribution is -2.45. The SMILES string of the molecule is CC(I)C(=O)OC1(c2ccccc2)CC2CC1CN2. The third kappa shape index (κ3) is 2.29. The maximum Gasteiger partial charge on any atom is 0.319 e. The second kappa shape index (κ2) is 5.05. The number of rotatable bonds is 3. The van der Waals surface area contributed by atoms with Gasteiger partial charge in [0, 0.05) is 24.9 Å². The minimum absolute atomic E-state index is 0.1000. The van der Waals surface area contributed by atoms with E-state index in [4.69, 9.17) is 4.74 Å². The summed E-state index contributed by atoms with van der Waals surface area (Å²) in [5, 5.41) is 3.49. The number of carbonyl (C=O) groups is 1. The van der Waals surface area contributed by atoms with E-state index in [1.54, 1.807) is 0 Å². The van der Waals surface area contributed by atoms with Gasteiger partial charge in [-0.25, -0.2) is 0 Å². The molecule has 1 aromatic rings. The summed E-state index contributed by atoms with van der Waals surface area (Å²) >= 11 is 2.12. The van der Waals surface area contributed by atoms with Crippen LogP contribution in [0, 0.1) is 5.92 Å². The Labute approximate surface area is 127 Å². The zero-order chi connectivity index (χ0) is 13.5. The molecule has 2 bridgehead atoms. The largest absolute Gasteiger partial charge is 0.453 e. The average Bonchev–Trinajstić information content (AvgIpc) is 3.00. The second-order valence-electron chi connectivity index (χ2n) is 5.53. The molecule has 0 spiro atoms. The number of carbonyl (C=O) groups excluding carboxylic acids is 1. The number of nitrogens with one attached hydrogen (secondary N) is 1. The zero-order valence-electron chi connectivity index (χ0n) is 10.9. The van der Waals surface area contributed by atoms with Crippen molar-refractivity contribution in [1.29, 1.82) is 0 Å². The van der Waals surface area contributed by atoms with Crippen LogP contribution >= 0.6 is 22.6 Å². The Morgan fingerprint density at radius 2 is 2.21 bits per heavy atom. The maximum atomic E-state index is 12.1. The predicted octanol–water partition coefficient (Wildman–Crippen LogP) is 2.63. The van der Waals surface area contributed by atoms with Crippen LogP contribution in [0.4, 0.5) is 0 Å². The van der Waals surface area contributed by atoms with Crippen molar-refractivity contribution < 1.29 is 9.53 Å². The Morgan fingerprint density at radius 1 is 1.47 bits per heavy atom. The molecule has 1 N–H and O–H groups in total. The van der Waals surface area contributed by atoms with Gasteiger partial charge in [0.1, 0.15) is 9.53 Å². The van der Waals surface area contributed by atoms with E-state index in [0.29, 0.717) is 12.0 Å². The van der Waals surface area contributed by atoms with E-state index in [1.807, 2.05) is 25.1 Å². The fraction of sp³-hybridized carbons (Fsp3) is 0.533. The lowest BCUT2D eigenvalue weighted by molar-refractivity contribution is -0.165. The van der Waals surface area contributed by atoms with Crippen LogP contribution in [0.3, 0.4) is 0 Å².